The Morgan fingerprint density at radius 3 is 2.27 bits per heavy atom. The Hall–Kier alpha value is -1.82. The second-order valence-corrected chi connectivity index (χ2v) is 7.38. The number of nitrogens with zero attached hydrogens (tertiary/aromatic N) is 1. The lowest BCUT2D eigenvalue weighted by Gasteiger charge is -2.46. The molecule has 1 N–H and O–H groups in total. The van der Waals surface area contributed by atoms with Crippen LogP contribution in [-0.4, -0.2) is 5.91 Å². The maximum Gasteiger partial charge on any atom is 0.231 e. The lowest BCUT2D eigenvalue weighted by Crippen LogP contribution is -2.47. The maximum absolute atomic E-state index is 13.0. The quantitative estimate of drug-likeness (QED) is 0.880. The summed E-state index contributed by atoms with van der Waals surface area (Å²) in [6.45, 7) is 6.52. The molecular weight excluding hydrogens is 272 g/mol. The number of benzene rings is 1. The summed E-state index contributed by atoms with van der Waals surface area (Å²) in [6.07, 6.45) is 5.83. The van der Waals surface area contributed by atoms with Gasteiger partial charge in [0.1, 0.15) is 0 Å². The molecule has 1 saturated carbocycles. The first kappa shape index (κ1) is 16.5. The molecule has 1 aliphatic rings. The summed E-state index contributed by atoms with van der Waals surface area (Å²) in [5, 5.41) is 11.8. The van der Waals surface area contributed by atoms with Gasteiger partial charge in [-0.3, -0.25) is 4.79 Å². The highest BCUT2D eigenvalue weighted by molar-refractivity contribution is 5.96. The highest BCUT2D eigenvalue weighted by atomic mass is 16.2. The highest BCUT2D eigenvalue weighted by Crippen LogP contribution is 2.50. The lowest BCUT2D eigenvalue weighted by molar-refractivity contribution is -0.134. The first-order valence-corrected chi connectivity index (χ1v) is 8.16. The lowest BCUT2D eigenvalue weighted by atomic mass is 9.59. The zero-order valence-corrected chi connectivity index (χ0v) is 13.9. The van der Waals surface area contributed by atoms with Gasteiger partial charge in [0.2, 0.25) is 5.91 Å². The molecule has 0 radical (unpaired) electrons. The molecule has 0 saturated heterocycles. The molecule has 0 aliphatic heterocycles. The SMILES string of the molecule is CC(C)(C)C1(C(=O)Nc2ccc(CC#N)cc2)CCCCC1. The zero-order chi connectivity index (χ0) is 16.2. The molecule has 0 spiro atoms. The number of rotatable bonds is 3. The van der Waals surface area contributed by atoms with E-state index in [0.29, 0.717) is 6.42 Å². The van der Waals surface area contributed by atoms with Crippen LogP contribution in [0, 0.1) is 22.2 Å². The standard InChI is InChI=1S/C19H26N2O/c1-18(2,3)19(12-5-4-6-13-19)17(22)21-16-9-7-15(8-10-16)11-14-20/h7-10H,4-6,11-13H2,1-3H3,(H,21,22). The molecule has 2 rings (SSSR count). The fraction of sp³-hybridized carbons (Fsp3) is 0.579. The van der Waals surface area contributed by atoms with Crippen LogP contribution in [0.15, 0.2) is 24.3 Å². The Bertz CT molecular complexity index is 555. The van der Waals surface area contributed by atoms with Gasteiger partial charge in [-0.15, -0.1) is 0 Å². The molecule has 0 heterocycles. The van der Waals surface area contributed by atoms with Crippen molar-refractivity contribution in [3.63, 3.8) is 0 Å². The van der Waals surface area contributed by atoms with Crippen molar-refractivity contribution >= 4 is 11.6 Å². The van der Waals surface area contributed by atoms with Crippen molar-refractivity contribution < 1.29 is 4.79 Å². The minimum atomic E-state index is -0.281. The van der Waals surface area contributed by atoms with Crippen molar-refractivity contribution in [2.45, 2.75) is 59.3 Å². The van der Waals surface area contributed by atoms with Crippen LogP contribution < -0.4 is 5.32 Å². The van der Waals surface area contributed by atoms with Crippen LogP contribution in [0.25, 0.3) is 0 Å². The first-order valence-electron chi connectivity index (χ1n) is 8.16. The van der Waals surface area contributed by atoms with Gasteiger partial charge in [-0.05, 0) is 36.0 Å². The molecule has 1 amide bonds. The van der Waals surface area contributed by atoms with E-state index in [1.54, 1.807) is 0 Å². The number of anilines is 1. The second-order valence-electron chi connectivity index (χ2n) is 7.38. The van der Waals surface area contributed by atoms with Crippen LogP contribution in [0.4, 0.5) is 5.69 Å². The summed E-state index contributed by atoms with van der Waals surface area (Å²) in [4.78, 5) is 13.0. The molecule has 3 nitrogen and oxygen atoms in total. The van der Waals surface area contributed by atoms with Crippen molar-refractivity contribution in [3.05, 3.63) is 29.8 Å². The molecule has 1 aromatic carbocycles. The number of carbonyl (C=O) groups excluding carboxylic acids is 1. The van der Waals surface area contributed by atoms with Crippen molar-refractivity contribution in [2.24, 2.45) is 10.8 Å². The van der Waals surface area contributed by atoms with Crippen molar-refractivity contribution in [1.29, 1.82) is 5.26 Å². The van der Waals surface area contributed by atoms with E-state index in [1.165, 1.54) is 6.42 Å². The molecule has 1 aromatic rings. The topological polar surface area (TPSA) is 52.9 Å². The Balaban J connectivity index is 2.16. The highest BCUT2D eigenvalue weighted by Gasteiger charge is 2.48. The van der Waals surface area contributed by atoms with Gasteiger partial charge in [-0.25, -0.2) is 0 Å². The van der Waals surface area contributed by atoms with Gasteiger partial charge in [0.15, 0.2) is 0 Å². The van der Waals surface area contributed by atoms with Crippen LogP contribution >= 0.6 is 0 Å². The number of nitrogens with one attached hydrogen (secondary N) is 1. The Morgan fingerprint density at radius 1 is 1.18 bits per heavy atom. The van der Waals surface area contributed by atoms with E-state index in [2.05, 4.69) is 32.2 Å². The van der Waals surface area contributed by atoms with E-state index in [0.717, 1.165) is 36.9 Å². The average Bonchev–Trinajstić information content (AvgIpc) is 2.49. The molecule has 0 bridgehead atoms. The monoisotopic (exact) mass is 298 g/mol. The third-order valence-corrected chi connectivity index (χ3v) is 5.07. The minimum absolute atomic E-state index is 0.0434. The fourth-order valence-electron chi connectivity index (χ4n) is 3.52. The maximum atomic E-state index is 13.0. The number of nitriles is 1. The molecule has 1 aliphatic carbocycles. The van der Waals surface area contributed by atoms with Crippen molar-refractivity contribution in [2.75, 3.05) is 5.32 Å². The van der Waals surface area contributed by atoms with Crippen molar-refractivity contribution in [3.8, 4) is 6.07 Å². The van der Waals surface area contributed by atoms with E-state index < -0.39 is 0 Å². The minimum Gasteiger partial charge on any atom is -0.326 e. The summed E-state index contributed by atoms with van der Waals surface area (Å²) in [7, 11) is 0. The zero-order valence-electron chi connectivity index (χ0n) is 13.9. The predicted octanol–water partition coefficient (Wildman–Crippen LogP) is 4.69. The third-order valence-electron chi connectivity index (χ3n) is 5.07. The first-order chi connectivity index (χ1) is 10.4. The molecule has 118 valence electrons. The largest absolute Gasteiger partial charge is 0.326 e. The van der Waals surface area contributed by atoms with E-state index in [-0.39, 0.29) is 16.7 Å². The van der Waals surface area contributed by atoms with Crippen LogP contribution in [-0.2, 0) is 11.2 Å². The summed E-state index contributed by atoms with van der Waals surface area (Å²) >= 11 is 0. The van der Waals surface area contributed by atoms with Gasteiger partial charge in [0.05, 0.1) is 17.9 Å². The Morgan fingerprint density at radius 2 is 1.77 bits per heavy atom. The molecule has 3 heteroatoms. The van der Waals surface area contributed by atoms with Crippen LogP contribution in [0.2, 0.25) is 0 Å². The van der Waals surface area contributed by atoms with Crippen LogP contribution in [0.3, 0.4) is 0 Å². The number of hydrogen-bond acceptors (Lipinski definition) is 2. The van der Waals surface area contributed by atoms with Gasteiger partial charge in [0.25, 0.3) is 0 Å². The molecule has 0 atom stereocenters. The fourth-order valence-corrected chi connectivity index (χ4v) is 3.52. The number of hydrogen-bond donors (Lipinski definition) is 1. The third kappa shape index (κ3) is 3.32. The second kappa shape index (κ2) is 6.52. The van der Waals surface area contributed by atoms with E-state index in [1.807, 2.05) is 24.3 Å². The smallest absolute Gasteiger partial charge is 0.231 e. The van der Waals surface area contributed by atoms with Crippen LogP contribution in [0.1, 0.15) is 58.4 Å². The van der Waals surface area contributed by atoms with Gasteiger partial charge in [0, 0.05) is 5.69 Å². The van der Waals surface area contributed by atoms with Crippen molar-refractivity contribution in [1.82, 2.24) is 0 Å². The van der Waals surface area contributed by atoms with E-state index in [4.69, 9.17) is 5.26 Å². The van der Waals surface area contributed by atoms with Crippen LogP contribution in [0.5, 0.6) is 0 Å². The molecule has 0 aromatic heterocycles. The summed E-state index contributed by atoms with van der Waals surface area (Å²) in [5.74, 6) is 0.146. The number of amides is 1. The Kier molecular flexibility index (Phi) is 4.90. The number of carbonyl (C=O) groups is 1. The molecule has 22 heavy (non-hydrogen) atoms. The van der Waals surface area contributed by atoms with Gasteiger partial charge in [-0.1, -0.05) is 52.2 Å². The normalized spacial score (nSPS) is 17.5. The summed E-state index contributed by atoms with van der Waals surface area (Å²) in [5.41, 5.74) is 1.47. The molecule has 0 unspecified atom stereocenters. The summed E-state index contributed by atoms with van der Waals surface area (Å²) in [6, 6.07) is 9.73. The van der Waals surface area contributed by atoms with Gasteiger partial charge >= 0.3 is 0 Å². The summed E-state index contributed by atoms with van der Waals surface area (Å²) < 4.78 is 0. The molecular formula is C19H26N2O. The Labute approximate surface area is 133 Å². The predicted molar refractivity (Wildman–Crippen MR) is 89.4 cm³/mol. The average molecular weight is 298 g/mol. The van der Waals surface area contributed by atoms with E-state index >= 15 is 0 Å². The van der Waals surface area contributed by atoms with E-state index in [9.17, 15) is 4.79 Å². The molecule has 1 fully saturated rings. The van der Waals surface area contributed by atoms with Gasteiger partial charge < -0.3 is 5.32 Å². The van der Waals surface area contributed by atoms with Gasteiger partial charge in [-0.2, -0.15) is 5.26 Å².